The molecular formula is C9H13N3O. The van der Waals surface area contributed by atoms with E-state index in [0.29, 0.717) is 11.5 Å². The van der Waals surface area contributed by atoms with E-state index in [2.05, 4.69) is 4.98 Å². The van der Waals surface area contributed by atoms with E-state index in [1.54, 1.807) is 18.2 Å². The number of rotatable bonds is 2. The molecule has 1 aromatic heterocycles. The Morgan fingerprint density at radius 1 is 1.54 bits per heavy atom. The molecule has 1 heterocycles. The van der Waals surface area contributed by atoms with Crippen LogP contribution in [0.3, 0.4) is 0 Å². The van der Waals surface area contributed by atoms with E-state index in [4.69, 9.17) is 16.6 Å². The van der Waals surface area contributed by atoms with Crippen molar-refractivity contribution in [1.29, 1.82) is 0 Å². The van der Waals surface area contributed by atoms with Crippen LogP contribution >= 0.6 is 0 Å². The highest BCUT2D eigenvalue weighted by atomic mass is 16.2. The second-order valence-corrected chi connectivity index (χ2v) is 2.72. The number of aryl methyl sites for hydroxylation is 1. The van der Waals surface area contributed by atoms with Crippen molar-refractivity contribution in [2.75, 3.05) is 18.1 Å². The Balaban J connectivity index is 3.08. The van der Waals surface area contributed by atoms with Gasteiger partial charge in [-0.3, -0.25) is 0 Å². The van der Waals surface area contributed by atoms with E-state index >= 15 is 0 Å². The van der Waals surface area contributed by atoms with E-state index in [0.717, 1.165) is 11.3 Å². The van der Waals surface area contributed by atoms with Gasteiger partial charge in [0, 0.05) is 5.69 Å². The van der Waals surface area contributed by atoms with Crippen LogP contribution in [0.25, 0.3) is 6.08 Å². The van der Waals surface area contributed by atoms with Gasteiger partial charge in [0.05, 0.1) is 12.3 Å². The molecule has 0 atom stereocenters. The molecule has 0 aliphatic heterocycles. The van der Waals surface area contributed by atoms with Gasteiger partial charge in [-0.2, -0.15) is 0 Å². The van der Waals surface area contributed by atoms with Crippen LogP contribution in [0.4, 0.5) is 11.5 Å². The molecule has 0 fully saturated rings. The first-order chi connectivity index (χ1) is 6.15. The molecule has 0 amide bonds. The molecule has 0 spiro atoms. The molecule has 4 heteroatoms. The van der Waals surface area contributed by atoms with Crippen LogP contribution in [0.2, 0.25) is 0 Å². The summed E-state index contributed by atoms with van der Waals surface area (Å²) in [5.74, 6) is 0.346. The minimum atomic E-state index is 0.00369. The fraction of sp³-hybridized carbons (Fsp3) is 0.222. The minimum absolute atomic E-state index is 0.00369. The highest BCUT2D eigenvalue weighted by Gasteiger charge is 2.00. The minimum Gasteiger partial charge on any atom is -0.396 e. The van der Waals surface area contributed by atoms with E-state index in [1.165, 1.54) is 0 Å². The number of nitrogen functional groups attached to an aromatic ring is 2. The van der Waals surface area contributed by atoms with Crippen molar-refractivity contribution in [3.63, 3.8) is 0 Å². The summed E-state index contributed by atoms with van der Waals surface area (Å²) in [4.78, 5) is 4.05. The van der Waals surface area contributed by atoms with Gasteiger partial charge in [0.15, 0.2) is 0 Å². The van der Waals surface area contributed by atoms with Crippen LogP contribution < -0.4 is 11.5 Å². The Morgan fingerprint density at radius 2 is 2.23 bits per heavy atom. The third-order valence-electron chi connectivity index (χ3n) is 1.72. The average molecular weight is 179 g/mol. The summed E-state index contributed by atoms with van der Waals surface area (Å²) in [6.07, 6.45) is 3.39. The predicted molar refractivity (Wildman–Crippen MR) is 53.9 cm³/mol. The number of nitrogens with two attached hydrogens (primary N) is 2. The first-order valence-electron chi connectivity index (χ1n) is 3.95. The maximum absolute atomic E-state index is 8.58. The van der Waals surface area contributed by atoms with Crippen LogP contribution in [0.15, 0.2) is 12.1 Å². The lowest BCUT2D eigenvalue weighted by Crippen LogP contribution is -2.00. The molecule has 0 radical (unpaired) electrons. The van der Waals surface area contributed by atoms with E-state index in [9.17, 15) is 0 Å². The number of aliphatic hydroxyl groups is 1. The van der Waals surface area contributed by atoms with Gasteiger partial charge in [0.1, 0.15) is 5.82 Å². The largest absolute Gasteiger partial charge is 0.396 e. The number of hydrogen-bond donors (Lipinski definition) is 3. The Morgan fingerprint density at radius 3 is 2.85 bits per heavy atom. The molecule has 5 N–H and O–H groups in total. The summed E-state index contributed by atoms with van der Waals surface area (Å²) < 4.78 is 0. The highest BCUT2D eigenvalue weighted by molar-refractivity contribution is 5.65. The second-order valence-electron chi connectivity index (χ2n) is 2.72. The van der Waals surface area contributed by atoms with Crippen molar-refractivity contribution >= 4 is 17.6 Å². The lowest BCUT2D eigenvalue weighted by molar-refractivity contribution is 0.343. The summed E-state index contributed by atoms with van der Waals surface area (Å²) in [5.41, 5.74) is 13.2. The number of hydrogen-bond acceptors (Lipinski definition) is 4. The summed E-state index contributed by atoms with van der Waals surface area (Å²) in [6, 6.07) is 1.74. The summed E-state index contributed by atoms with van der Waals surface area (Å²) in [5, 5.41) is 8.58. The second kappa shape index (κ2) is 3.91. The van der Waals surface area contributed by atoms with Crippen LogP contribution in [0, 0.1) is 6.92 Å². The first-order valence-corrected chi connectivity index (χ1v) is 3.95. The summed E-state index contributed by atoms with van der Waals surface area (Å²) in [6.45, 7) is 1.84. The SMILES string of the molecule is Cc1nc(N)c(N)cc1C=CCO. The third kappa shape index (κ3) is 2.19. The Labute approximate surface area is 76.9 Å². The monoisotopic (exact) mass is 179 g/mol. The zero-order chi connectivity index (χ0) is 9.84. The quantitative estimate of drug-likeness (QED) is 0.619. The van der Waals surface area contributed by atoms with Crippen molar-refractivity contribution in [1.82, 2.24) is 4.98 Å². The predicted octanol–water partition coefficient (Wildman–Crippen LogP) is 0.560. The molecule has 0 bridgehead atoms. The number of pyridine rings is 1. The molecule has 4 nitrogen and oxygen atoms in total. The highest BCUT2D eigenvalue weighted by Crippen LogP contribution is 2.17. The van der Waals surface area contributed by atoms with Crippen LogP contribution in [0.1, 0.15) is 11.3 Å². The molecule has 0 aliphatic rings. The molecular weight excluding hydrogens is 166 g/mol. The Hall–Kier alpha value is -1.55. The third-order valence-corrected chi connectivity index (χ3v) is 1.72. The number of aliphatic hydroxyl groups excluding tert-OH is 1. The molecule has 13 heavy (non-hydrogen) atoms. The molecule has 70 valence electrons. The van der Waals surface area contributed by atoms with Crippen LogP contribution in [-0.2, 0) is 0 Å². The van der Waals surface area contributed by atoms with E-state index < -0.39 is 0 Å². The van der Waals surface area contributed by atoms with Gasteiger partial charge in [-0.05, 0) is 18.6 Å². The zero-order valence-electron chi connectivity index (χ0n) is 7.49. The first kappa shape index (κ1) is 9.54. The molecule has 0 aromatic carbocycles. The number of nitrogens with zero attached hydrogens (tertiary/aromatic N) is 1. The molecule has 0 saturated heterocycles. The van der Waals surface area contributed by atoms with Crippen LogP contribution in [-0.4, -0.2) is 16.7 Å². The zero-order valence-corrected chi connectivity index (χ0v) is 7.49. The van der Waals surface area contributed by atoms with Gasteiger partial charge < -0.3 is 16.6 Å². The molecule has 1 aromatic rings. The smallest absolute Gasteiger partial charge is 0.146 e. The summed E-state index contributed by atoms with van der Waals surface area (Å²) >= 11 is 0. The molecule has 0 aliphatic carbocycles. The summed E-state index contributed by atoms with van der Waals surface area (Å²) in [7, 11) is 0. The molecule has 1 rings (SSSR count). The van der Waals surface area contributed by atoms with Gasteiger partial charge in [-0.25, -0.2) is 4.98 Å². The van der Waals surface area contributed by atoms with Gasteiger partial charge in [0.25, 0.3) is 0 Å². The molecule has 0 saturated carbocycles. The molecule has 0 unspecified atom stereocenters. The van der Waals surface area contributed by atoms with E-state index in [-0.39, 0.29) is 6.61 Å². The van der Waals surface area contributed by atoms with Gasteiger partial charge >= 0.3 is 0 Å². The van der Waals surface area contributed by atoms with Crippen molar-refractivity contribution < 1.29 is 5.11 Å². The standard InChI is InChI=1S/C9H13N3O/c1-6-7(3-2-4-13)5-8(10)9(11)12-6/h2-3,5,13H,4,10H2,1H3,(H2,11,12). The van der Waals surface area contributed by atoms with Crippen molar-refractivity contribution in [3.05, 3.63) is 23.4 Å². The normalized spacial score (nSPS) is 10.9. The fourth-order valence-electron chi connectivity index (χ4n) is 1.00. The van der Waals surface area contributed by atoms with E-state index in [1.807, 2.05) is 6.92 Å². The maximum Gasteiger partial charge on any atom is 0.146 e. The maximum atomic E-state index is 8.58. The number of aromatic nitrogens is 1. The van der Waals surface area contributed by atoms with Crippen molar-refractivity contribution in [3.8, 4) is 0 Å². The van der Waals surface area contributed by atoms with Crippen molar-refractivity contribution in [2.45, 2.75) is 6.92 Å². The number of anilines is 2. The van der Waals surface area contributed by atoms with Gasteiger partial charge in [-0.1, -0.05) is 12.2 Å². The van der Waals surface area contributed by atoms with Gasteiger partial charge in [-0.15, -0.1) is 0 Å². The van der Waals surface area contributed by atoms with Crippen LogP contribution in [0.5, 0.6) is 0 Å². The topological polar surface area (TPSA) is 85.2 Å². The fourth-order valence-corrected chi connectivity index (χ4v) is 1.00. The average Bonchev–Trinajstić information content (AvgIpc) is 2.09. The van der Waals surface area contributed by atoms with Gasteiger partial charge in [0.2, 0.25) is 0 Å². The van der Waals surface area contributed by atoms with Crippen molar-refractivity contribution in [2.24, 2.45) is 0 Å². The lowest BCUT2D eigenvalue weighted by atomic mass is 10.1. The Kier molecular flexibility index (Phi) is 2.87. The lowest BCUT2D eigenvalue weighted by Gasteiger charge is -2.04. The Bertz CT molecular complexity index is 334.